The summed E-state index contributed by atoms with van der Waals surface area (Å²) in [5.74, 6) is -0.513. The van der Waals surface area contributed by atoms with Gasteiger partial charge in [0.05, 0.1) is 22.3 Å². The molecule has 1 amide bonds. The summed E-state index contributed by atoms with van der Waals surface area (Å²) in [6, 6.07) is 17.5. The molecule has 2 N–H and O–H groups in total. The van der Waals surface area contributed by atoms with Gasteiger partial charge in [-0.05, 0) is 36.4 Å². The second-order valence-corrected chi connectivity index (χ2v) is 7.89. The SMILES string of the molecule is O=C(Cn1c2ccccc2c(=O)c2ccccc21)N/N=C\c1cc(Br)cc(Cl)c1O. The number of carbonyl (C=O) groups excluding carboxylic acids is 1. The molecule has 1 aromatic heterocycles. The molecule has 0 fully saturated rings. The molecule has 0 radical (unpaired) electrons. The van der Waals surface area contributed by atoms with E-state index in [0.29, 0.717) is 31.8 Å². The number of hydrogen-bond donors (Lipinski definition) is 2. The van der Waals surface area contributed by atoms with Gasteiger partial charge in [-0.2, -0.15) is 5.10 Å². The standard InChI is InChI=1S/C22H15BrClN3O3/c23-14-9-13(21(29)17(24)10-14)11-25-26-20(28)12-27-18-7-3-1-5-15(18)22(30)16-6-2-4-8-19(16)27/h1-11,29H,12H2,(H,26,28)/b25-11-. The molecule has 150 valence electrons. The fourth-order valence-electron chi connectivity index (χ4n) is 3.28. The number of fused-ring (bicyclic) bond motifs is 2. The van der Waals surface area contributed by atoms with Crippen LogP contribution in [0, 0.1) is 0 Å². The Morgan fingerprint density at radius 2 is 1.70 bits per heavy atom. The molecular weight excluding hydrogens is 470 g/mol. The van der Waals surface area contributed by atoms with Crippen molar-refractivity contribution in [3.05, 3.63) is 85.9 Å². The molecule has 0 bridgehead atoms. The predicted octanol–water partition coefficient (Wildman–Crippen LogP) is 4.43. The van der Waals surface area contributed by atoms with Crippen molar-refractivity contribution in [2.75, 3.05) is 0 Å². The predicted molar refractivity (Wildman–Crippen MR) is 122 cm³/mol. The van der Waals surface area contributed by atoms with E-state index in [1.807, 2.05) is 12.1 Å². The molecule has 6 nitrogen and oxygen atoms in total. The van der Waals surface area contributed by atoms with Crippen LogP contribution in [0.1, 0.15) is 5.56 Å². The third-order valence-corrected chi connectivity index (χ3v) is 5.38. The Hall–Kier alpha value is -3.16. The highest BCUT2D eigenvalue weighted by Gasteiger charge is 2.12. The zero-order valence-corrected chi connectivity index (χ0v) is 17.8. The molecule has 0 unspecified atom stereocenters. The van der Waals surface area contributed by atoms with Crippen LogP contribution < -0.4 is 10.9 Å². The molecule has 0 saturated heterocycles. The Balaban J connectivity index is 1.65. The number of nitrogens with zero attached hydrogens (tertiary/aromatic N) is 2. The van der Waals surface area contributed by atoms with E-state index in [4.69, 9.17) is 11.6 Å². The third kappa shape index (κ3) is 3.81. The Bertz CT molecular complexity index is 1320. The molecule has 4 aromatic rings. The van der Waals surface area contributed by atoms with Gasteiger partial charge in [0.25, 0.3) is 5.91 Å². The molecule has 4 rings (SSSR count). The topological polar surface area (TPSA) is 83.7 Å². The molecule has 0 aliphatic heterocycles. The van der Waals surface area contributed by atoms with Crippen LogP contribution in [0.15, 0.2) is 75.0 Å². The number of amides is 1. The first kappa shape index (κ1) is 20.1. The average Bonchev–Trinajstić information content (AvgIpc) is 2.74. The van der Waals surface area contributed by atoms with Gasteiger partial charge in [0, 0.05) is 20.8 Å². The van der Waals surface area contributed by atoms with E-state index in [0.717, 1.165) is 0 Å². The summed E-state index contributed by atoms with van der Waals surface area (Å²) < 4.78 is 2.45. The van der Waals surface area contributed by atoms with E-state index in [2.05, 4.69) is 26.5 Å². The number of halogens is 2. The van der Waals surface area contributed by atoms with Gasteiger partial charge in [-0.15, -0.1) is 0 Å². The number of phenolic OH excluding ortho intramolecular Hbond substituents is 1. The van der Waals surface area contributed by atoms with Crippen molar-refractivity contribution in [2.24, 2.45) is 5.10 Å². The van der Waals surface area contributed by atoms with Crippen LogP contribution >= 0.6 is 27.5 Å². The molecule has 0 aliphatic carbocycles. The Kier molecular flexibility index (Phi) is 5.57. The Morgan fingerprint density at radius 3 is 2.33 bits per heavy atom. The first-order chi connectivity index (χ1) is 14.5. The summed E-state index contributed by atoms with van der Waals surface area (Å²) in [4.78, 5) is 25.3. The van der Waals surface area contributed by atoms with Crippen molar-refractivity contribution >= 4 is 61.5 Å². The summed E-state index contributed by atoms with van der Waals surface area (Å²) >= 11 is 9.22. The highest BCUT2D eigenvalue weighted by Crippen LogP contribution is 2.30. The summed E-state index contributed by atoms with van der Waals surface area (Å²) in [5.41, 5.74) is 4.06. The number of phenols is 1. The minimum absolute atomic E-state index is 0.0378. The summed E-state index contributed by atoms with van der Waals surface area (Å²) in [7, 11) is 0. The Labute approximate surface area is 184 Å². The van der Waals surface area contributed by atoms with Crippen molar-refractivity contribution in [3.63, 3.8) is 0 Å². The monoisotopic (exact) mass is 483 g/mol. The minimum Gasteiger partial charge on any atom is -0.506 e. The minimum atomic E-state index is -0.384. The molecule has 30 heavy (non-hydrogen) atoms. The van der Waals surface area contributed by atoms with Crippen molar-refractivity contribution < 1.29 is 9.90 Å². The number of aromatic nitrogens is 1. The summed E-state index contributed by atoms with van der Waals surface area (Å²) in [6.45, 7) is -0.0378. The third-order valence-electron chi connectivity index (χ3n) is 4.63. The maximum absolute atomic E-state index is 12.8. The number of aromatic hydroxyl groups is 1. The number of nitrogens with one attached hydrogen (secondary N) is 1. The van der Waals surface area contributed by atoms with Crippen molar-refractivity contribution in [1.82, 2.24) is 9.99 Å². The zero-order chi connectivity index (χ0) is 21.3. The summed E-state index contributed by atoms with van der Waals surface area (Å²) in [6.07, 6.45) is 1.31. The smallest absolute Gasteiger partial charge is 0.260 e. The lowest BCUT2D eigenvalue weighted by molar-refractivity contribution is -0.121. The van der Waals surface area contributed by atoms with Crippen LogP contribution in [0.5, 0.6) is 5.75 Å². The van der Waals surface area contributed by atoms with E-state index in [1.165, 1.54) is 6.21 Å². The average molecular weight is 485 g/mol. The van der Waals surface area contributed by atoms with Gasteiger partial charge in [0.1, 0.15) is 12.3 Å². The summed E-state index contributed by atoms with van der Waals surface area (Å²) in [5, 5.41) is 15.2. The lowest BCUT2D eigenvalue weighted by atomic mass is 10.1. The first-order valence-electron chi connectivity index (χ1n) is 8.96. The van der Waals surface area contributed by atoms with Crippen LogP contribution in [0.25, 0.3) is 21.8 Å². The fourth-order valence-corrected chi connectivity index (χ4v) is 4.12. The molecule has 0 aliphatic rings. The number of hydrogen-bond acceptors (Lipinski definition) is 4. The second kappa shape index (κ2) is 8.30. The largest absolute Gasteiger partial charge is 0.506 e. The quantitative estimate of drug-likeness (QED) is 0.255. The van der Waals surface area contributed by atoms with E-state index in [9.17, 15) is 14.7 Å². The number of rotatable bonds is 4. The number of pyridine rings is 1. The highest BCUT2D eigenvalue weighted by atomic mass is 79.9. The molecule has 0 spiro atoms. The number of hydrazone groups is 1. The maximum atomic E-state index is 12.8. The van der Waals surface area contributed by atoms with E-state index in [-0.39, 0.29) is 28.7 Å². The zero-order valence-electron chi connectivity index (χ0n) is 15.5. The van der Waals surface area contributed by atoms with Gasteiger partial charge >= 0.3 is 0 Å². The van der Waals surface area contributed by atoms with Crippen LogP contribution in [0.4, 0.5) is 0 Å². The van der Waals surface area contributed by atoms with E-state index < -0.39 is 0 Å². The molecule has 1 heterocycles. The molecule has 3 aromatic carbocycles. The lowest BCUT2D eigenvalue weighted by Crippen LogP contribution is -2.25. The second-order valence-electron chi connectivity index (χ2n) is 6.57. The number of benzene rings is 3. The Morgan fingerprint density at radius 1 is 1.10 bits per heavy atom. The fraction of sp³-hybridized carbons (Fsp3) is 0.0455. The van der Waals surface area contributed by atoms with Crippen molar-refractivity contribution in [1.29, 1.82) is 0 Å². The van der Waals surface area contributed by atoms with Gasteiger partial charge in [0.15, 0.2) is 5.43 Å². The lowest BCUT2D eigenvalue weighted by Gasteiger charge is -2.14. The van der Waals surface area contributed by atoms with E-state index >= 15 is 0 Å². The van der Waals surface area contributed by atoms with Crippen LogP contribution in [0.3, 0.4) is 0 Å². The van der Waals surface area contributed by atoms with Crippen LogP contribution in [-0.4, -0.2) is 21.8 Å². The van der Waals surface area contributed by atoms with Crippen LogP contribution in [-0.2, 0) is 11.3 Å². The molecule has 0 atom stereocenters. The number of para-hydroxylation sites is 2. The molecule has 0 saturated carbocycles. The van der Waals surface area contributed by atoms with E-state index in [1.54, 1.807) is 53.1 Å². The van der Waals surface area contributed by atoms with Crippen molar-refractivity contribution in [2.45, 2.75) is 6.54 Å². The van der Waals surface area contributed by atoms with Gasteiger partial charge in [-0.1, -0.05) is 51.8 Å². The molecule has 8 heteroatoms. The van der Waals surface area contributed by atoms with Gasteiger partial charge in [0.2, 0.25) is 0 Å². The van der Waals surface area contributed by atoms with Gasteiger partial charge in [-0.25, -0.2) is 5.43 Å². The normalized spacial score (nSPS) is 11.4. The molecular formula is C22H15BrClN3O3. The van der Waals surface area contributed by atoms with Gasteiger partial charge < -0.3 is 9.67 Å². The van der Waals surface area contributed by atoms with Crippen molar-refractivity contribution in [3.8, 4) is 5.75 Å². The van der Waals surface area contributed by atoms with Crippen LogP contribution in [0.2, 0.25) is 5.02 Å². The number of carbonyl (C=O) groups is 1. The van der Waals surface area contributed by atoms with Gasteiger partial charge in [-0.3, -0.25) is 9.59 Å². The highest BCUT2D eigenvalue weighted by molar-refractivity contribution is 9.10. The maximum Gasteiger partial charge on any atom is 0.260 e. The first-order valence-corrected chi connectivity index (χ1v) is 10.1.